The van der Waals surface area contributed by atoms with Crippen LogP contribution in [0.25, 0.3) is 10.9 Å². The Morgan fingerprint density at radius 1 is 1.05 bits per heavy atom. The van der Waals surface area contributed by atoms with Gasteiger partial charge in [-0.3, -0.25) is 0 Å². The second kappa shape index (κ2) is 5.74. The maximum atomic E-state index is 3.62. The first kappa shape index (κ1) is 13.9. The second-order valence-electron chi connectivity index (χ2n) is 5.86. The highest BCUT2D eigenvalue weighted by Gasteiger charge is 2.08. The van der Waals surface area contributed by atoms with E-state index in [2.05, 4.69) is 73.5 Å². The SMILES string of the molecule is Cc1ccc(C(C)NCc2ccc3[nH]ccc3c2)c(C)c1. The zero-order chi connectivity index (χ0) is 14.8. The highest BCUT2D eigenvalue weighted by molar-refractivity contribution is 5.79. The van der Waals surface area contributed by atoms with E-state index in [-0.39, 0.29) is 0 Å². The molecule has 0 saturated carbocycles. The fraction of sp³-hybridized carbons (Fsp3) is 0.263. The van der Waals surface area contributed by atoms with Crippen molar-refractivity contribution in [2.45, 2.75) is 33.4 Å². The predicted octanol–water partition coefficient (Wildman–Crippen LogP) is 4.64. The molecule has 1 heterocycles. The third-order valence-electron chi connectivity index (χ3n) is 4.12. The Bertz CT molecular complexity index is 755. The van der Waals surface area contributed by atoms with Gasteiger partial charge in [0.25, 0.3) is 0 Å². The summed E-state index contributed by atoms with van der Waals surface area (Å²) in [7, 11) is 0. The number of aromatic nitrogens is 1. The van der Waals surface area contributed by atoms with Crippen LogP contribution >= 0.6 is 0 Å². The number of rotatable bonds is 4. The van der Waals surface area contributed by atoms with Crippen LogP contribution in [0.5, 0.6) is 0 Å². The highest BCUT2D eigenvalue weighted by Crippen LogP contribution is 2.20. The lowest BCUT2D eigenvalue weighted by Crippen LogP contribution is -2.18. The van der Waals surface area contributed by atoms with Gasteiger partial charge < -0.3 is 10.3 Å². The molecule has 0 aliphatic heterocycles. The molecule has 0 spiro atoms. The highest BCUT2D eigenvalue weighted by atomic mass is 14.9. The summed E-state index contributed by atoms with van der Waals surface area (Å²) < 4.78 is 0. The molecule has 0 amide bonds. The van der Waals surface area contributed by atoms with Gasteiger partial charge in [0.2, 0.25) is 0 Å². The summed E-state index contributed by atoms with van der Waals surface area (Å²) in [5, 5.41) is 4.89. The summed E-state index contributed by atoms with van der Waals surface area (Å²) in [5.41, 5.74) is 6.57. The molecule has 2 N–H and O–H groups in total. The monoisotopic (exact) mass is 278 g/mol. The Morgan fingerprint density at radius 2 is 1.90 bits per heavy atom. The number of nitrogens with one attached hydrogen (secondary N) is 2. The molecule has 2 nitrogen and oxygen atoms in total. The average Bonchev–Trinajstić information content (AvgIpc) is 2.92. The van der Waals surface area contributed by atoms with Crippen LogP contribution < -0.4 is 5.32 Å². The predicted molar refractivity (Wildman–Crippen MR) is 89.5 cm³/mol. The van der Waals surface area contributed by atoms with E-state index in [0.29, 0.717) is 6.04 Å². The van der Waals surface area contributed by atoms with Crippen LogP contribution in [-0.4, -0.2) is 4.98 Å². The van der Waals surface area contributed by atoms with E-state index in [9.17, 15) is 0 Å². The summed E-state index contributed by atoms with van der Waals surface area (Å²) in [6.45, 7) is 7.44. The zero-order valence-electron chi connectivity index (χ0n) is 12.9. The van der Waals surface area contributed by atoms with E-state index < -0.39 is 0 Å². The van der Waals surface area contributed by atoms with E-state index >= 15 is 0 Å². The number of H-pyrrole nitrogens is 1. The number of fused-ring (bicyclic) bond motifs is 1. The molecular weight excluding hydrogens is 256 g/mol. The van der Waals surface area contributed by atoms with Crippen molar-refractivity contribution < 1.29 is 0 Å². The molecule has 0 saturated heterocycles. The fourth-order valence-electron chi connectivity index (χ4n) is 2.91. The maximum absolute atomic E-state index is 3.62. The van der Waals surface area contributed by atoms with Crippen molar-refractivity contribution in [3.05, 3.63) is 70.9 Å². The number of hydrogen-bond acceptors (Lipinski definition) is 1. The number of benzene rings is 2. The summed E-state index contributed by atoms with van der Waals surface area (Å²) in [6, 6.07) is 15.7. The lowest BCUT2D eigenvalue weighted by atomic mass is 10.00. The Hall–Kier alpha value is -2.06. The van der Waals surface area contributed by atoms with Gasteiger partial charge in [0.05, 0.1) is 0 Å². The van der Waals surface area contributed by atoms with Crippen molar-refractivity contribution in [2.75, 3.05) is 0 Å². The van der Waals surface area contributed by atoms with Crippen molar-refractivity contribution >= 4 is 10.9 Å². The van der Waals surface area contributed by atoms with Gasteiger partial charge >= 0.3 is 0 Å². The summed E-state index contributed by atoms with van der Waals surface area (Å²) in [4.78, 5) is 3.23. The lowest BCUT2D eigenvalue weighted by Gasteiger charge is -2.17. The quantitative estimate of drug-likeness (QED) is 0.715. The first-order valence-electron chi connectivity index (χ1n) is 7.50. The normalized spacial score (nSPS) is 12.7. The van der Waals surface area contributed by atoms with Gasteiger partial charge in [0.15, 0.2) is 0 Å². The molecule has 0 aliphatic rings. The fourth-order valence-corrected chi connectivity index (χ4v) is 2.91. The van der Waals surface area contributed by atoms with Gasteiger partial charge in [-0.05, 0) is 61.0 Å². The average molecular weight is 278 g/mol. The van der Waals surface area contributed by atoms with Crippen molar-refractivity contribution in [1.29, 1.82) is 0 Å². The number of aromatic amines is 1. The molecule has 3 rings (SSSR count). The molecule has 0 radical (unpaired) electrons. The van der Waals surface area contributed by atoms with Crippen molar-refractivity contribution in [1.82, 2.24) is 10.3 Å². The number of hydrogen-bond donors (Lipinski definition) is 2. The van der Waals surface area contributed by atoms with Gasteiger partial charge in [-0.25, -0.2) is 0 Å². The van der Waals surface area contributed by atoms with E-state index in [0.717, 1.165) is 6.54 Å². The zero-order valence-corrected chi connectivity index (χ0v) is 12.9. The molecule has 2 aromatic carbocycles. The number of aryl methyl sites for hydroxylation is 2. The summed E-state index contributed by atoms with van der Waals surface area (Å²) in [5.74, 6) is 0. The van der Waals surface area contributed by atoms with Gasteiger partial charge in [-0.15, -0.1) is 0 Å². The largest absolute Gasteiger partial charge is 0.361 e. The van der Waals surface area contributed by atoms with E-state index in [1.165, 1.54) is 33.2 Å². The Morgan fingerprint density at radius 3 is 2.71 bits per heavy atom. The maximum Gasteiger partial charge on any atom is 0.0454 e. The van der Waals surface area contributed by atoms with Gasteiger partial charge in [0.1, 0.15) is 0 Å². The van der Waals surface area contributed by atoms with Gasteiger partial charge in [-0.1, -0.05) is 29.8 Å². The lowest BCUT2D eigenvalue weighted by molar-refractivity contribution is 0.572. The van der Waals surface area contributed by atoms with Crippen LogP contribution in [0.3, 0.4) is 0 Å². The molecular formula is C19H22N2. The Kier molecular flexibility index (Phi) is 3.80. The molecule has 1 aromatic heterocycles. The van der Waals surface area contributed by atoms with E-state index in [1.807, 2.05) is 6.20 Å². The van der Waals surface area contributed by atoms with Crippen molar-refractivity contribution in [3.63, 3.8) is 0 Å². The molecule has 108 valence electrons. The molecule has 0 aliphatic carbocycles. The molecule has 21 heavy (non-hydrogen) atoms. The molecule has 1 atom stereocenters. The van der Waals surface area contributed by atoms with Crippen LogP contribution in [-0.2, 0) is 6.54 Å². The molecule has 1 unspecified atom stereocenters. The Labute approximate surface area is 126 Å². The minimum absolute atomic E-state index is 0.354. The minimum atomic E-state index is 0.354. The van der Waals surface area contributed by atoms with Crippen molar-refractivity contribution in [2.24, 2.45) is 0 Å². The standard InChI is InChI=1S/C19H22N2/c1-13-4-6-18(14(2)10-13)15(3)21-12-16-5-7-19-17(11-16)8-9-20-19/h4-11,15,20-21H,12H2,1-3H3. The molecule has 0 fully saturated rings. The van der Waals surface area contributed by atoms with Crippen LogP contribution in [0.2, 0.25) is 0 Å². The van der Waals surface area contributed by atoms with Crippen LogP contribution in [0, 0.1) is 13.8 Å². The van der Waals surface area contributed by atoms with Crippen LogP contribution in [0.15, 0.2) is 48.7 Å². The molecule has 3 aromatic rings. The van der Waals surface area contributed by atoms with E-state index in [4.69, 9.17) is 0 Å². The summed E-state index contributed by atoms with van der Waals surface area (Å²) >= 11 is 0. The molecule has 0 bridgehead atoms. The summed E-state index contributed by atoms with van der Waals surface area (Å²) in [6.07, 6.45) is 1.99. The smallest absolute Gasteiger partial charge is 0.0454 e. The topological polar surface area (TPSA) is 27.8 Å². The third-order valence-corrected chi connectivity index (χ3v) is 4.12. The van der Waals surface area contributed by atoms with E-state index in [1.54, 1.807) is 0 Å². The molecule has 2 heteroatoms. The Balaban J connectivity index is 1.71. The first-order chi connectivity index (χ1) is 10.1. The second-order valence-corrected chi connectivity index (χ2v) is 5.86. The van der Waals surface area contributed by atoms with Gasteiger partial charge in [0, 0.05) is 24.3 Å². The first-order valence-corrected chi connectivity index (χ1v) is 7.50. The third kappa shape index (κ3) is 3.01. The van der Waals surface area contributed by atoms with Crippen LogP contribution in [0.4, 0.5) is 0 Å². The van der Waals surface area contributed by atoms with Crippen molar-refractivity contribution in [3.8, 4) is 0 Å². The van der Waals surface area contributed by atoms with Crippen LogP contribution in [0.1, 0.15) is 35.2 Å². The minimum Gasteiger partial charge on any atom is -0.361 e. The van der Waals surface area contributed by atoms with Gasteiger partial charge in [-0.2, -0.15) is 0 Å².